The highest BCUT2D eigenvalue weighted by Gasteiger charge is 2.16. The molecule has 4 heteroatoms. The van der Waals surface area contributed by atoms with Gasteiger partial charge in [-0.15, -0.1) is 0 Å². The van der Waals surface area contributed by atoms with E-state index >= 15 is 0 Å². The topological polar surface area (TPSA) is 68.3 Å². The van der Waals surface area contributed by atoms with E-state index in [0.29, 0.717) is 22.3 Å². The second-order valence-corrected chi connectivity index (χ2v) is 8.90. The molecule has 0 aliphatic heterocycles. The van der Waals surface area contributed by atoms with E-state index in [0.717, 1.165) is 69.7 Å². The van der Waals surface area contributed by atoms with Gasteiger partial charge in [-0.2, -0.15) is 0 Å². The van der Waals surface area contributed by atoms with Crippen molar-refractivity contribution in [1.29, 1.82) is 0 Å². The van der Waals surface area contributed by atoms with Gasteiger partial charge in [-0.25, -0.2) is 0 Å². The first-order valence-electron chi connectivity index (χ1n) is 12.0. The summed E-state index contributed by atoms with van der Waals surface area (Å²) in [6, 6.07) is 33.8. The highest BCUT2D eigenvalue weighted by Crippen LogP contribution is 2.42. The molecule has 0 fully saturated rings. The van der Waals surface area contributed by atoms with Gasteiger partial charge >= 0.3 is 0 Å². The number of aldehydes is 4. The molecule has 4 nitrogen and oxygen atoms in total. The molecule has 0 aliphatic carbocycles. The average Bonchev–Trinajstić information content (AvgIpc) is 3.00. The minimum absolute atomic E-state index is 0.585. The molecule has 0 bridgehead atoms. The molecule has 182 valence electrons. The standard InChI is InChI=1S/C34H22O4/c35-19-23-1-9-27(10-2-23)31-17-33(29-13-5-25(21-37)6-14-29)34(30-15-7-26(22-38)8-16-30)18-32(31)28-11-3-24(20-36)4-12-28/h1-22H. The molecule has 5 aromatic rings. The van der Waals surface area contributed by atoms with Crippen LogP contribution in [0.3, 0.4) is 0 Å². The van der Waals surface area contributed by atoms with Crippen LogP contribution in [0.5, 0.6) is 0 Å². The Morgan fingerprint density at radius 2 is 0.474 bits per heavy atom. The van der Waals surface area contributed by atoms with E-state index < -0.39 is 0 Å². The first kappa shape index (κ1) is 24.5. The normalized spacial score (nSPS) is 10.5. The molecular formula is C34H22O4. The predicted molar refractivity (Wildman–Crippen MR) is 150 cm³/mol. The second kappa shape index (κ2) is 10.8. The van der Waals surface area contributed by atoms with Crippen LogP contribution in [0.2, 0.25) is 0 Å². The summed E-state index contributed by atoms with van der Waals surface area (Å²) in [5.74, 6) is 0. The summed E-state index contributed by atoms with van der Waals surface area (Å²) in [5, 5.41) is 0. The van der Waals surface area contributed by atoms with Crippen LogP contribution >= 0.6 is 0 Å². The van der Waals surface area contributed by atoms with Gasteiger partial charge in [-0.3, -0.25) is 19.2 Å². The first-order valence-corrected chi connectivity index (χ1v) is 12.0. The van der Waals surface area contributed by atoms with E-state index in [1.165, 1.54) is 0 Å². The van der Waals surface area contributed by atoms with Crippen molar-refractivity contribution in [3.8, 4) is 44.5 Å². The lowest BCUT2D eigenvalue weighted by molar-refractivity contribution is 0.111. The van der Waals surface area contributed by atoms with Crippen LogP contribution in [0.4, 0.5) is 0 Å². The Morgan fingerprint density at radius 1 is 0.289 bits per heavy atom. The maximum atomic E-state index is 11.3. The average molecular weight is 495 g/mol. The third kappa shape index (κ3) is 4.88. The van der Waals surface area contributed by atoms with Crippen LogP contribution in [-0.4, -0.2) is 25.1 Å². The zero-order chi connectivity index (χ0) is 26.5. The lowest BCUT2D eigenvalue weighted by atomic mass is 9.85. The number of hydrogen-bond acceptors (Lipinski definition) is 4. The smallest absolute Gasteiger partial charge is 0.150 e. The van der Waals surface area contributed by atoms with Crippen LogP contribution in [0.25, 0.3) is 44.5 Å². The highest BCUT2D eigenvalue weighted by atomic mass is 16.1. The zero-order valence-corrected chi connectivity index (χ0v) is 20.3. The Hall–Kier alpha value is -5.22. The quantitative estimate of drug-likeness (QED) is 0.208. The Kier molecular flexibility index (Phi) is 6.96. The molecule has 0 heterocycles. The molecule has 38 heavy (non-hydrogen) atoms. The maximum Gasteiger partial charge on any atom is 0.150 e. The van der Waals surface area contributed by atoms with Crippen molar-refractivity contribution < 1.29 is 19.2 Å². The highest BCUT2D eigenvalue weighted by molar-refractivity contribution is 5.96. The van der Waals surface area contributed by atoms with Gasteiger partial charge in [0.25, 0.3) is 0 Å². The van der Waals surface area contributed by atoms with Crippen molar-refractivity contribution in [2.45, 2.75) is 0 Å². The summed E-state index contributed by atoms with van der Waals surface area (Å²) in [4.78, 5) is 45.1. The van der Waals surface area contributed by atoms with E-state index in [1.807, 2.05) is 48.5 Å². The number of benzene rings is 5. The minimum atomic E-state index is 0.585. The molecule has 5 aromatic carbocycles. The SMILES string of the molecule is O=Cc1ccc(-c2cc(-c3ccc(C=O)cc3)c(-c3ccc(C=O)cc3)cc2-c2ccc(C=O)cc2)cc1. The molecule has 0 atom stereocenters. The zero-order valence-electron chi connectivity index (χ0n) is 20.3. The largest absolute Gasteiger partial charge is 0.298 e. The van der Waals surface area contributed by atoms with Gasteiger partial charge in [0.05, 0.1) is 0 Å². The van der Waals surface area contributed by atoms with Crippen LogP contribution in [0.1, 0.15) is 41.4 Å². The molecule has 0 unspecified atom stereocenters. The summed E-state index contributed by atoms with van der Waals surface area (Å²) in [6.07, 6.45) is 3.26. The molecular weight excluding hydrogens is 472 g/mol. The van der Waals surface area contributed by atoms with Crippen molar-refractivity contribution in [1.82, 2.24) is 0 Å². The Bertz CT molecular complexity index is 1380. The minimum Gasteiger partial charge on any atom is -0.298 e. The Balaban J connectivity index is 1.81. The summed E-state index contributed by atoms with van der Waals surface area (Å²) in [5.41, 5.74) is 9.85. The van der Waals surface area contributed by atoms with E-state index in [1.54, 1.807) is 48.5 Å². The van der Waals surface area contributed by atoms with Gasteiger partial charge in [-0.1, -0.05) is 97.1 Å². The van der Waals surface area contributed by atoms with E-state index in [4.69, 9.17) is 0 Å². The fourth-order valence-corrected chi connectivity index (χ4v) is 4.52. The summed E-state index contributed by atoms with van der Waals surface area (Å²) < 4.78 is 0. The molecule has 0 aliphatic rings. The lowest BCUT2D eigenvalue weighted by Gasteiger charge is -2.18. The van der Waals surface area contributed by atoms with Crippen molar-refractivity contribution >= 4 is 25.1 Å². The molecule has 0 N–H and O–H groups in total. The maximum absolute atomic E-state index is 11.3. The Labute approximate surface area is 220 Å². The molecule has 0 amide bonds. The third-order valence-corrected chi connectivity index (χ3v) is 6.59. The van der Waals surface area contributed by atoms with Crippen molar-refractivity contribution in [2.24, 2.45) is 0 Å². The third-order valence-electron chi connectivity index (χ3n) is 6.59. The molecule has 5 rings (SSSR count). The Morgan fingerprint density at radius 3 is 0.632 bits per heavy atom. The number of carbonyl (C=O) groups excluding carboxylic acids is 4. The van der Waals surface area contributed by atoms with E-state index in [9.17, 15) is 19.2 Å². The van der Waals surface area contributed by atoms with Gasteiger partial charge in [-0.05, 0) is 56.6 Å². The van der Waals surface area contributed by atoms with Crippen LogP contribution < -0.4 is 0 Å². The van der Waals surface area contributed by atoms with Gasteiger partial charge in [0, 0.05) is 22.3 Å². The molecule has 0 saturated carbocycles. The molecule has 0 radical (unpaired) electrons. The van der Waals surface area contributed by atoms with E-state index in [-0.39, 0.29) is 0 Å². The van der Waals surface area contributed by atoms with E-state index in [2.05, 4.69) is 12.1 Å². The fraction of sp³-hybridized carbons (Fsp3) is 0. The van der Waals surface area contributed by atoms with Crippen molar-refractivity contribution in [3.05, 3.63) is 131 Å². The second-order valence-electron chi connectivity index (χ2n) is 8.90. The van der Waals surface area contributed by atoms with Crippen LogP contribution in [0, 0.1) is 0 Å². The predicted octanol–water partition coefficient (Wildman–Crippen LogP) is 7.60. The van der Waals surface area contributed by atoms with Gasteiger partial charge in [0.15, 0.2) is 0 Å². The number of carbonyl (C=O) groups is 4. The van der Waals surface area contributed by atoms with Crippen molar-refractivity contribution in [3.63, 3.8) is 0 Å². The van der Waals surface area contributed by atoms with Gasteiger partial charge in [0.1, 0.15) is 25.1 Å². The first-order chi connectivity index (χ1) is 18.6. The van der Waals surface area contributed by atoms with Gasteiger partial charge in [0.2, 0.25) is 0 Å². The van der Waals surface area contributed by atoms with Crippen LogP contribution in [-0.2, 0) is 0 Å². The molecule has 0 spiro atoms. The summed E-state index contributed by atoms with van der Waals surface area (Å²) in [6.45, 7) is 0. The monoisotopic (exact) mass is 494 g/mol. The molecule has 0 saturated heterocycles. The number of rotatable bonds is 8. The number of hydrogen-bond donors (Lipinski definition) is 0. The lowest BCUT2D eigenvalue weighted by Crippen LogP contribution is -1.94. The molecule has 0 aromatic heterocycles. The van der Waals surface area contributed by atoms with Crippen LogP contribution in [0.15, 0.2) is 109 Å². The van der Waals surface area contributed by atoms with Gasteiger partial charge < -0.3 is 0 Å². The summed E-state index contributed by atoms with van der Waals surface area (Å²) in [7, 11) is 0. The summed E-state index contributed by atoms with van der Waals surface area (Å²) >= 11 is 0. The fourth-order valence-electron chi connectivity index (χ4n) is 4.52. The van der Waals surface area contributed by atoms with Crippen molar-refractivity contribution in [2.75, 3.05) is 0 Å².